The van der Waals surface area contributed by atoms with Crippen LogP contribution in [0.1, 0.15) is 12.5 Å². The summed E-state index contributed by atoms with van der Waals surface area (Å²) >= 11 is 0. The number of rotatable bonds is 5. The third-order valence-corrected chi connectivity index (χ3v) is 3.50. The molecule has 0 unspecified atom stereocenters. The summed E-state index contributed by atoms with van der Waals surface area (Å²) in [5.74, 6) is 0.120. The highest BCUT2D eigenvalue weighted by Crippen LogP contribution is 2.05. The first kappa shape index (κ1) is 15.2. The predicted octanol–water partition coefficient (Wildman–Crippen LogP) is 1.17. The fraction of sp³-hybridized carbons (Fsp3) is 0.400. The van der Waals surface area contributed by atoms with E-state index in [-0.39, 0.29) is 18.2 Å². The van der Waals surface area contributed by atoms with Gasteiger partial charge in [-0.25, -0.2) is 13.1 Å². The third-order valence-electron chi connectivity index (χ3n) is 2.10. The second-order valence-electron chi connectivity index (χ2n) is 3.29. The Kier molecular flexibility index (Phi) is 6.40. The van der Waals surface area contributed by atoms with E-state index in [4.69, 9.17) is 5.73 Å². The van der Waals surface area contributed by atoms with Crippen LogP contribution in [0.3, 0.4) is 0 Å². The number of anilines is 1. The Morgan fingerprint density at radius 1 is 1.25 bits per heavy atom. The zero-order valence-electron chi connectivity index (χ0n) is 9.14. The molecule has 0 heterocycles. The molecule has 0 fully saturated rings. The normalized spacial score (nSPS) is 10.8. The number of nitrogen functional groups attached to an aromatic ring is 1. The quantitative estimate of drug-likeness (QED) is 0.785. The molecule has 1 rings (SSSR count). The summed E-state index contributed by atoms with van der Waals surface area (Å²) in [6.45, 7) is 2.05. The molecule has 92 valence electrons. The average molecular weight is 265 g/mol. The highest BCUT2D eigenvalue weighted by molar-refractivity contribution is 7.89. The second kappa shape index (κ2) is 6.73. The number of hydrogen-bond donors (Lipinski definition) is 2. The van der Waals surface area contributed by atoms with Gasteiger partial charge in [0.2, 0.25) is 10.0 Å². The maximum Gasteiger partial charge on any atom is 0.211 e. The molecule has 0 spiro atoms. The summed E-state index contributed by atoms with van der Waals surface area (Å²) < 4.78 is 24.7. The van der Waals surface area contributed by atoms with E-state index >= 15 is 0 Å². The van der Waals surface area contributed by atoms with Crippen molar-refractivity contribution in [1.29, 1.82) is 0 Å². The molecule has 16 heavy (non-hydrogen) atoms. The van der Waals surface area contributed by atoms with Crippen LogP contribution in [0.2, 0.25) is 0 Å². The first-order valence-electron chi connectivity index (χ1n) is 4.85. The van der Waals surface area contributed by atoms with Crippen molar-refractivity contribution in [3.63, 3.8) is 0 Å². The first-order valence-corrected chi connectivity index (χ1v) is 6.50. The van der Waals surface area contributed by atoms with Gasteiger partial charge < -0.3 is 5.73 Å². The molecular weight excluding hydrogens is 248 g/mol. The minimum Gasteiger partial charge on any atom is -0.399 e. The Morgan fingerprint density at radius 2 is 1.81 bits per heavy atom. The van der Waals surface area contributed by atoms with E-state index in [1.54, 1.807) is 6.92 Å². The molecule has 6 heteroatoms. The molecule has 0 aliphatic carbocycles. The van der Waals surface area contributed by atoms with Gasteiger partial charge in [0.1, 0.15) is 0 Å². The second-order valence-corrected chi connectivity index (χ2v) is 5.38. The minimum absolute atomic E-state index is 0. The van der Waals surface area contributed by atoms with Crippen LogP contribution < -0.4 is 10.5 Å². The van der Waals surface area contributed by atoms with Crippen molar-refractivity contribution in [2.75, 3.05) is 18.0 Å². The molecule has 4 nitrogen and oxygen atoms in total. The van der Waals surface area contributed by atoms with E-state index in [0.29, 0.717) is 18.7 Å². The standard InChI is InChI=1S/C10H16N2O2S.ClH/c1-2-15(13,14)12-8-7-9-3-5-10(11)6-4-9;/h3-6,12H,2,7-8,11H2,1H3;1H. The molecule has 0 aromatic heterocycles. The molecule has 0 saturated heterocycles. The molecule has 0 aliphatic heterocycles. The van der Waals surface area contributed by atoms with Crippen molar-refractivity contribution < 1.29 is 8.42 Å². The smallest absolute Gasteiger partial charge is 0.211 e. The Bertz CT molecular complexity index is 403. The summed E-state index contributed by atoms with van der Waals surface area (Å²) in [5.41, 5.74) is 7.32. The van der Waals surface area contributed by atoms with E-state index in [9.17, 15) is 8.42 Å². The van der Waals surface area contributed by atoms with Gasteiger partial charge in [-0.2, -0.15) is 0 Å². The number of benzene rings is 1. The van der Waals surface area contributed by atoms with Crippen LogP contribution in [-0.4, -0.2) is 20.7 Å². The number of halogens is 1. The van der Waals surface area contributed by atoms with Crippen LogP contribution in [0, 0.1) is 0 Å². The van der Waals surface area contributed by atoms with Crippen molar-refractivity contribution >= 4 is 28.1 Å². The van der Waals surface area contributed by atoms with Crippen LogP contribution in [-0.2, 0) is 16.4 Å². The number of hydrogen-bond acceptors (Lipinski definition) is 3. The Morgan fingerprint density at radius 3 is 2.31 bits per heavy atom. The van der Waals surface area contributed by atoms with Crippen LogP contribution in [0.25, 0.3) is 0 Å². The van der Waals surface area contributed by atoms with Crippen LogP contribution in [0.15, 0.2) is 24.3 Å². The van der Waals surface area contributed by atoms with Gasteiger partial charge in [-0.1, -0.05) is 12.1 Å². The van der Waals surface area contributed by atoms with E-state index in [1.165, 1.54) is 0 Å². The number of sulfonamides is 1. The molecule has 0 saturated carbocycles. The fourth-order valence-electron chi connectivity index (χ4n) is 1.14. The van der Waals surface area contributed by atoms with Gasteiger partial charge in [-0.3, -0.25) is 0 Å². The third kappa shape index (κ3) is 5.34. The van der Waals surface area contributed by atoms with Crippen LogP contribution in [0.5, 0.6) is 0 Å². The van der Waals surface area contributed by atoms with E-state index in [0.717, 1.165) is 5.56 Å². The lowest BCUT2D eigenvalue weighted by atomic mass is 10.1. The molecule has 0 radical (unpaired) electrons. The topological polar surface area (TPSA) is 72.2 Å². The lowest BCUT2D eigenvalue weighted by molar-refractivity contribution is 0.583. The van der Waals surface area contributed by atoms with E-state index in [2.05, 4.69) is 4.72 Å². The maximum atomic E-state index is 11.1. The van der Waals surface area contributed by atoms with E-state index in [1.807, 2.05) is 24.3 Å². The number of nitrogens with two attached hydrogens (primary N) is 1. The average Bonchev–Trinajstić information content (AvgIpc) is 2.21. The fourth-order valence-corrected chi connectivity index (χ4v) is 1.75. The molecule has 1 aromatic rings. The van der Waals surface area contributed by atoms with Crippen LogP contribution >= 0.6 is 12.4 Å². The monoisotopic (exact) mass is 264 g/mol. The molecule has 1 aromatic carbocycles. The summed E-state index contributed by atoms with van der Waals surface area (Å²) in [6.07, 6.45) is 0.680. The maximum absolute atomic E-state index is 11.1. The Balaban J connectivity index is 0.00000225. The molecule has 0 bridgehead atoms. The summed E-state index contributed by atoms with van der Waals surface area (Å²) in [4.78, 5) is 0. The number of nitrogens with one attached hydrogen (secondary N) is 1. The molecule has 3 N–H and O–H groups in total. The van der Waals surface area contributed by atoms with Gasteiger partial charge in [-0.15, -0.1) is 12.4 Å². The zero-order valence-corrected chi connectivity index (χ0v) is 10.8. The van der Waals surface area contributed by atoms with Crippen LogP contribution in [0.4, 0.5) is 5.69 Å². The lowest BCUT2D eigenvalue weighted by Crippen LogP contribution is -2.27. The highest BCUT2D eigenvalue weighted by atomic mass is 35.5. The molecule has 0 amide bonds. The van der Waals surface area contributed by atoms with Gasteiger partial charge in [0.15, 0.2) is 0 Å². The zero-order chi connectivity index (χ0) is 11.3. The van der Waals surface area contributed by atoms with Crippen molar-refractivity contribution in [3.05, 3.63) is 29.8 Å². The van der Waals surface area contributed by atoms with Crippen molar-refractivity contribution in [2.24, 2.45) is 0 Å². The highest BCUT2D eigenvalue weighted by Gasteiger charge is 2.04. The van der Waals surface area contributed by atoms with Crippen molar-refractivity contribution in [1.82, 2.24) is 4.72 Å². The Hall–Kier alpha value is -0.780. The minimum atomic E-state index is -3.07. The Labute approximate surface area is 103 Å². The van der Waals surface area contributed by atoms with Crippen molar-refractivity contribution in [3.8, 4) is 0 Å². The molecule has 0 aliphatic rings. The van der Waals surface area contributed by atoms with Gasteiger partial charge in [0.25, 0.3) is 0 Å². The van der Waals surface area contributed by atoms with Gasteiger partial charge in [0, 0.05) is 12.2 Å². The molecule has 0 atom stereocenters. The van der Waals surface area contributed by atoms with Gasteiger partial charge >= 0.3 is 0 Å². The lowest BCUT2D eigenvalue weighted by Gasteiger charge is -2.04. The summed E-state index contributed by atoms with van der Waals surface area (Å²) in [7, 11) is -3.07. The summed E-state index contributed by atoms with van der Waals surface area (Å²) in [6, 6.07) is 7.42. The largest absolute Gasteiger partial charge is 0.399 e. The van der Waals surface area contributed by atoms with Gasteiger partial charge in [-0.05, 0) is 31.0 Å². The van der Waals surface area contributed by atoms with Gasteiger partial charge in [0.05, 0.1) is 5.75 Å². The van der Waals surface area contributed by atoms with Crippen molar-refractivity contribution in [2.45, 2.75) is 13.3 Å². The molecular formula is C10H17ClN2O2S. The van der Waals surface area contributed by atoms with E-state index < -0.39 is 10.0 Å². The predicted molar refractivity (Wildman–Crippen MR) is 69.3 cm³/mol. The summed E-state index contributed by atoms with van der Waals surface area (Å²) in [5, 5.41) is 0. The first-order chi connectivity index (χ1) is 7.03. The SMILES string of the molecule is CCS(=O)(=O)NCCc1ccc(N)cc1.Cl.